The Morgan fingerprint density at radius 2 is 2.33 bits per heavy atom. The lowest BCUT2D eigenvalue weighted by molar-refractivity contribution is 0.697. The van der Waals surface area contributed by atoms with Gasteiger partial charge in [0.2, 0.25) is 0 Å². The van der Waals surface area contributed by atoms with Gasteiger partial charge in [-0.25, -0.2) is 0 Å². The predicted octanol–water partition coefficient (Wildman–Crippen LogP) is 1.45. The summed E-state index contributed by atoms with van der Waals surface area (Å²) >= 11 is 1.73. The second-order valence-electron chi connectivity index (χ2n) is 1.96. The van der Waals surface area contributed by atoms with Crippen LogP contribution in [0.15, 0.2) is 11.2 Å². The highest BCUT2D eigenvalue weighted by atomic mass is 32.2. The van der Waals surface area contributed by atoms with Gasteiger partial charge in [-0.3, -0.25) is 4.68 Å². The molecule has 1 aromatic rings. The van der Waals surface area contributed by atoms with Crippen LogP contribution in [-0.2, 0) is 7.05 Å². The molecule has 1 aromatic heterocycles. The zero-order valence-corrected chi connectivity index (χ0v) is 6.70. The monoisotopic (exact) mass is 142 g/mol. The van der Waals surface area contributed by atoms with E-state index in [9.17, 15) is 0 Å². The van der Waals surface area contributed by atoms with E-state index >= 15 is 0 Å². The summed E-state index contributed by atoms with van der Waals surface area (Å²) in [5.41, 5.74) is 1.25. The predicted molar refractivity (Wildman–Crippen MR) is 39.7 cm³/mol. The van der Waals surface area contributed by atoms with Crippen LogP contribution in [0.3, 0.4) is 0 Å². The fourth-order valence-electron chi connectivity index (χ4n) is 0.829. The lowest BCUT2D eigenvalue weighted by Gasteiger charge is -1.95. The van der Waals surface area contributed by atoms with Crippen molar-refractivity contribution in [2.24, 2.45) is 7.05 Å². The Hall–Kier alpha value is -0.440. The minimum atomic E-state index is 1.25. The van der Waals surface area contributed by atoms with E-state index in [1.807, 2.05) is 17.9 Å². The number of aryl methyl sites for hydroxylation is 2. The second-order valence-corrected chi connectivity index (χ2v) is 2.76. The molecule has 0 aliphatic heterocycles. The standard InChI is InChI=1S/C6H10N2S/c1-5-4-7-8(2)6(5)9-3/h4H,1-3H3. The number of hydrogen-bond acceptors (Lipinski definition) is 2. The Morgan fingerprint density at radius 3 is 2.56 bits per heavy atom. The Bertz CT molecular complexity index is 185. The van der Waals surface area contributed by atoms with Crippen molar-refractivity contribution in [2.75, 3.05) is 6.26 Å². The second kappa shape index (κ2) is 2.43. The molecule has 50 valence electrons. The molecule has 0 spiro atoms. The highest BCUT2D eigenvalue weighted by molar-refractivity contribution is 7.98. The van der Waals surface area contributed by atoms with Crippen LogP contribution in [0.25, 0.3) is 0 Å². The molecule has 0 aliphatic rings. The Kier molecular flexibility index (Phi) is 1.81. The first-order valence-corrected chi connectivity index (χ1v) is 4.00. The summed E-state index contributed by atoms with van der Waals surface area (Å²) in [7, 11) is 1.96. The van der Waals surface area contributed by atoms with Crippen LogP contribution in [0, 0.1) is 6.92 Å². The van der Waals surface area contributed by atoms with Gasteiger partial charge in [-0.05, 0) is 13.2 Å². The summed E-state index contributed by atoms with van der Waals surface area (Å²) in [5.74, 6) is 0. The van der Waals surface area contributed by atoms with Gasteiger partial charge >= 0.3 is 0 Å². The molecule has 0 N–H and O–H groups in total. The number of hydrogen-bond donors (Lipinski definition) is 0. The van der Waals surface area contributed by atoms with E-state index < -0.39 is 0 Å². The Morgan fingerprint density at radius 1 is 1.67 bits per heavy atom. The normalized spacial score (nSPS) is 10.1. The van der Waals surface area contributed by atoms with Crippen LogP contribution >= 0.6 is 11.8 Å². The molecule has 0 saturated carbocycles. The molecular formula is C6H10N2S. The zero-order chi connectivity index (χ0) is 6.85. The molecule has 3 heteroatoms. The van der Waals surface area contributed by atoms with E-state index in [0.29, 0.717) is 0 Å². The molecule has 0 fully saturated rings. The molecule has 0 aliphatic carbocycles. The van der Waals surface area contributed by atoms with Crippen molar-refractivity contribution in [1.29, 1.82) is 0 Å². The molecule has 9 heavy (non-hydrogen) atoms. The molecule has 0 bridgehead atoms. The van der Waals surface area contributed by atoms with E-state index in [-0.39, 0.29) is 0 Å². The summed E-state index contributed by atoms with van der Waals surface area (Å²) in [6.45, 7) is 2.07. The van der Waals surface area contributed by atoms with Crippen LogP contribution in [0.4, 0.5) is 0 Å². The van der Waals surface area contributed by atoms with Gasteiger partial charge in [0.05, 0.1) is 11.2 Å². The van der Waals surface area contributed by atoms with Gasteiger partial charge in [0.25, 0.3) is 0 Å². The van der Waals surface area contributed by atoms with Gasteiger partial charge in [0, 0.05) is 12.6 Å². The minimum absolute atomic E-state index is 1.25. The van der Waals surface area contributed by atoms with Crippen molar-refractivity contribution in [3.63, 3.8) is 0 Å². The number of thioether (sulfide) groups is 1. The molecule has 1 heterocycles. The van der Waals surface area contributed by atoms with Crippen molar-refractivity contribution in [1.82, 2.24) is 9.78 Å². The summed E-state index contributed by atoms with van der Waals surface area (Å²) in [4.78, 5) is 0. The van der Waals surface area contributed by atoms with Crippen molar-refractivity contribution < 1.29 is 0 Å². The van der Waals surface area contributed by atoms with E-state index in [1.165, 1.54) is 10.6 Å². The highest BCUT2D eigenvalue weighted by Gasteiger charge is 1.99. The first-order chi connectivity index (χ1) is 4.25. The lowest BCUT2D eigenvalue weighted by atomic mass is 10.4. The molecular weight excluding hydrogens is 132 g/mol. The third-order valence-electron chi connectivity index (χ3n) is 1.25. The number of nitrogens with zero attached hydrogens (tertiary/aromatic N) is 2. The molecule has 0 amide bonds. The quantitative estimate of drug-likeness (QED) is 0.552. The molecule has 0 saturated heterocycles. The number of aromatic nitrogens is 2. The van der Waals surface area contributed by atoms with Gasteiger partial charge < -0.3 is 0 Å². The highest BCUT2D eigenvalue weighted by Crippen LogP contribution is 2.16. The molecule has 1 rings (SSSR count). The topological polar surface area (TPSA) is 17.8 Å². The van der Waals surface area contributed by atoms with Gasteiger partial charge in [-0.15, -0.1) is 11.8 Å². The first kappa shape index (κ1) is 6.68. The minimum Gasteiger partial charge on any atom is -0.262 e. The zero-order valence-electron chi connectivity index (χ0n) is 5.88. The first-order valence-electron chi connectivity index (χ1n) is 2.78. The molecule has 2 nitrogen and oxygen atoms in total. The smallest absolute Gasteiger partial charge is 0.0963 e. The molecule has 0 unspecified atom stereocenters. The summed E-state index contributed by atoms with van der Waals surface area (Å²) in [6.07, 6.45) is 3.94. The van der Waals surface area contributed by atoms with Crippen molar-refractivity contribution in [3.05, 3.63) is 11.8 Å². The fourth-order valence-corrected chi connectivity index (χ4v) is 1.52. The average molecular weight is 142 g/mol. The number of rotatable bonds is 1. The summed E-state index contributed by atoms with van der Waals surface area (Å²) < 4.78 is 1.89. The summed E-state index contributed by atoms with van der Waals surface area (Å²) in [6, 6.07) is 0. The van der Waals surface area contributed by atoms with Gasteiger partial charge in [-0.1, -0.05) is 0 Å². The van der Waals surface area contributed by atoms with Crippen LogP contribution in [0.2, 0.25) is 0 Å². The molecule has 0 atom stereocenters. The maximum Gasteiger partial charge on any atom is 0.0963 e. The largest absolute Gasteiger partial charge is 0.262 e. The van der Waals surface area contributed by atoms with Gasteiger partial charge in [0.15, 0.2) is 0 Å². The Balaban J connectivity index is 3.07. The van der Waals surface area contributed by atoms with Crippen LogP contribution in [0.1, 0.15) is 5.56 Å². The van der Waals surface area contributed by atoms with E-state index in [0.717, 1.165) is 0 Å². The van der Waals surface area contributed by atoms with Crippen LogP contribution in [0.5, 0.6) is 0 Å². The summed E-state index contributed by atoms with van der Waals surface area (Å²) in [5, 5.41) is 5.33. The van der Waals surface area contributed by atoms with E-state index in [4.69, 9.17) is 0 Å². The van der Waals surface area contributed by atoms with Gasteiger partial charge in [-0.2, -0.15) is 5.10 Å². The third-order valence-corrected chi connectivity index (χ3v) is 2.22. The Labute approximate surface area is 59.3 Å². The van der Waals surface area contributed by atoms with E-state index in [1.54, 1.807) is 11.8 Å². The van der Waals surface area contributed by atoms with Crippen molar-refractivity contribution in [2.45, 2.75) is 11.9 Å². The van der Waals surface area contributed by atoms with Gasteiger partial charge in [0.1, 0.15) is 0 Å². The third kappa shape index (κ3) is 1.10. The molecule has 0 aromatic carbocycles. The lowest BCUT2D eigenvalue weighted by Crippen LogP contribution is -1.90. The van der Waals surface area contributed by atoms with Crippen molar-refractivity contribution in [3.8, 4) is 0 Å². The maximum absolute atomic E-state index is 4.08. The van der Waals surface area contributed by atoms with Crippen LogP contribution < -0.4 is 0 Å². The molecule has 0 radical (unpaired) electrons. The maximum atomic E-state index is 4.08. The van der Waals surface area contributed by atoms with Crippen molar-refractivity contribution >= 4 is 11.8 Å². The fraction of sp³-hybridized carbons (Fsp3) is 0.500. The average Bonchev–Trinajstić information content (AvgIpc) is 2.12. The SMILES string of the molecule is CSc1c(C)cnn1C. The van der Waals surface area contributed by atoms with E-state index in [2.05, 4.69) is 18.3 Å². The van der Waals surface area contributed by atoms with Crippen LogP contribution in [-0.4, -0.2) is 16.0 Å².